The number of rotatable bonds is 5. The number of fused-ring (bicyclic) bond motifs is 1. The molecule has 0 fully saturated rings. The van der Waals surface area contributed by atoms with Crippen LogP contribution in [0.5, 0.6) is 0 Å². The van der Waals surface area contributed by atoms with E-state index in [1.807, 2.05) is 29.0 Å². The van der Waals surface area contributed by atoms with E-state index in [4.69, 9.17) is 4.74 Å². The first-order valence-electron chi connectivity index (χ1n) is 7.58. The number of carbonyl (C=O) groups is 1. The van der Waals surface area contributed by atoms with Crippen LogP contribution in [0, 0.1) is 10.1 Å². The fraction of sp³-hybridized carbons (Fsp3) is 0.167. The summed E-state index contributed by atoms with van der Waals surface area (Å²) in [7, 11) is 0. The lowest BCUT2D eigenvalue weighted by Gasteiger charge is -2.07. The number of carbonyl (C=O) groups excluding carboxylic acids is 1. The van der Waals surface area contributed by atoms with Crippen LogP contribution in [0.3, 0.4) is 0 Å². The molecule has 0 bridgehead atoms. The highest BCUT2D eigenvalue weighted by atomic mass is 16.6. The Labute approximate surface area is 138 Å². The summed E-state index contributed by atoms with van der Waals surface area (Å²) >= 11 is 0. The number of non-ortho nitro benzene ring substituents is 1. The van der Waals surface area contributed by atoms with Gasteiger partial charge in [0, 0.05) is 35.8 Å². The van der Waals surface area contributed by atoms with Gasteiger partial charge in [0.05, 0.1) is 17.1 Å². The Hall–Kier alpha value is -3.15. The predicted molar refractivity (Wildman–Crippen MR) is 90.1 cm³/mol. The number of hydrogen-bond acceptors (Lipinski definition) is 4. The van der Waals surface area contributed by atoms with Gasteiger partial charge in [-0.3, -0.25) is 10.1 Å². The first-order chi connectivity index (χ1) is 11.6. The zero-order valence-corrected chi connectivity index (χ0v) is 13.1. The van der Waals surface area contributed by atoms with E-state index in [0.717, 1.165) is 16.5 Å². The number of ether oxygens (including phenoxy) is 1. The molecule has 0 saturated carbocycles. The molecule has 0 spiro atoms. The molecule has 0 aliphatic rings. The van der Waals surface area contributed by atoms with Crippen LogP contribution >= 0.6 is 0 Å². The van der Waals surface area contributed by atoms with Crippen LogP contribution in [0.4, 0.5) is 5.69 Å². The minimum atomic E-state index is -0.398. The van der Waals surface area contributed by atoms with Crippen molar-refractivity contribution in [1.29, 1.82) is 0 Å². The van der Waals surface area contributed by atoms with E-state index < -0.39 is 4.92 Å². The average molecular weight is 324 g/mol. The largest absolute Gasteiger partial charge is 0.462 e. The Balaban J connectivity index is 1.82. The second-order valence-corrected chi connectivity index (χ2v) is 5.36. The third kappa shape index (κ3) is 3.12. The lowest BCUT2D eigenvalue weighted by atomic mass is 10.1. The van der Waals surface area contributed by atoms with Crippen molar-refractivity contribution in [2.24, 2.45) is 0 Å². The van der Waals surface area contributed by atoms with E-state index in [-0.39, 0.29) is 11.7 Å². The molecule has 122 valence electrons. The van der Waals surface area contributed by atoms with Gasteiger partial charge in [-0.05, 0) is 36.8 Å². The van der Waals surface area contributed by atoms with E-state index in [1.54, 1.807) is 31.2 Å². The summed E-state index contributed by atoms with van der Waals surface area (Å²) in [4.78, 5) is 22.1. The SMILES string of the molecule is CCOC(=O)c1ccc(Cn2ccc3cc([N+](=O)[O-])ccc32)cc1. The maximum absolute atomic E-state index is 11.7. The van der Waals surface area contributed by atoms with Crippen LogP contribution in [0.15, 0.2) is 54.7 Å². The van der Waals surface area contributed by atoms with Crippen LogP contribution in [0.2, 0.25) is 0 Å². The van der Waals surface area contributed by atoms with Gasteiger partial charge in [-0.2, -0.15) is 0 Å². The van der Waals surface area contributed by atoms with Gasteiger partial charge < -0.3 is 9.30 Å². The number of nitrogens with zero attached hydrogens (tertiary/aromatic N) is 2. The number of nitro benzene ring substituents is 1. The van der Waals surface area contributed by atoms with Gasteiger partial charge in [-0.25, -0.2) is 4.79 Å². The maximum Gasteiger partial charge on any atom is 0.338 e. The van der Waals surface area contributed by atoms with Crippen LogP contribution in [-0.4, -0.2) is 22.1 Å². The van der Waals surface area contributed by atoms with Crippen molar-refractivity contribution in [2.45, 2.75) is 13.5 Å². The number of esters is 1. The summed E-state index contributed by atoms with van der Waals surface area (Å²) in [5, 5.41) is 11.7. The van der Waals surface area contributed by atoms with Gasteiger partial charge in [0.1, 0.15) is 0 Å². The number of benzene rings is 2. The lowest BCUT2D eigenvalue weighted by molar-refractivity contribution is -0.384. The standard InChI is InChI=1S/C18H16N2O4/c1-2-24-18(21)14-5-3-13(4-6-14)12-19-10-9-15-11-16(20(22)23)7-8-17(15)19/h3-11H,2,12H2,1H3. The first kappa shape index (κ1) is 15.7. The molecule has 24 heavy (non-hydrogen) atoms. The first-order valence-corrected chi connectivity index (χ1v) is 7.58. The molecule has 0 radical (unpaired) electrons. The second-order valence-electron chi connectivity index (χ2n) is 5.36. The average Bonchev–Trinajstić information content (AvgIpc) is 2.98. The minimum absolute atomic E-state index is 0.0824. The third-order valence-corrected chi connectivity index (χ3v) is 3.78. The number of hydrogen-bond donors (Lipinski definition) is 0. The summed E-state index contributed by atoms with van der Waals surface area (Å²) < 4.78 is 6.97. The molecule has 0 aliphatic carbocycles. The zero-order valence-electron chi connectivity index (χ0n) is 13.1. The van der Waals surface area contributed by atoms with E-state index in [2.05, 4.69) is 0 Å². The Kier molecular flexibility index (Phi) is 4.29. The predicted octanol–water partition coefficient (Wildman–Crippen LogP) is 3.77. The van der Waals surface area contributed by atoms with Gasteiger partial charge in [0.25, 0.3) is 5.69 Å². The molecule has 6 nitrogen and oxygen atoms in total. The smallest absolute Gasteiger partial charge is 0.338 e. The van der Waals surface area contributed by atoms with Crippen LogP contribution in [-0.2, 0) is 11.3 Å². The van der Waals surface area contributed by atoms with Gasteiger partial charge in [-0.15, -0.1) is 0 Å². The van der Waals surface area contributed by atoms with Crippen molar-refractivity contribution in [2.75, 3.05) is 6.61 Å². The van der Waals surface area contributed by atoms with Crippen molar-refractivity contribution < 1.29 is 14.5 Å². The van der Waals surface area contributed by atoms with E-state index in [9.17, 15) is 14.9 Å². The Morgan fingerprint density at radius 1 is 1.17 bits per heavy atom. The monoisotopic (exact) mass is 324 g/mol. The summed E-state index contributed by atoms with van der Waals surface area (Å²) in [6.45, 7) is 2.74. The quantitative estimate of drug-likeness (QED) is 0.407. The molecule has 3 aromatic rings. The minimum Gasteiger partial charge on any atom is -0.462 e. The maximum atomic E-state index is 11.7. The molecular weight excluding hydrogens is 308 g/mol. The zero-order chi connectivity index (χ0) is 17.1. The van der Waals surface area contributed by atoms with Gasteiger partial charge >= 0.3 is 5.97 Å². The summed E-state index contributed by atoms with van der Waals surface area (Å²) in [6, 6.07) is 13.9. The lowest BCUT2D eigenvalue weighted by Crippen LogP contribution is -2.05. The van der Waals surface area contributed by atoms with Crippen LogP contribution in [0.1, 0.15) is 22.8 Å². The van der Waals surface area contributed by atoms with Crippen molar-refractivity contribution in [3.05, 3.63) is 76.0 Å². The molecule has 1 aromatic heterocycles. The van der Waals surface area contributed by atoms with E-state index in [0.29, 0.717) is 18.7 Å². The molecule has 2 aromatic carbocycles. The fourth-order valence-electron chi connectivity index (χ4n) is 2.60. The molecule has 6 heteroatoms. The summed E-state index contributed by atoms with van der Waals surface area (Å²) in [5.74, 6) is -0.331. The van der Waals surface area contributed by atoms with E-state index >= 15 is 0 Å². The Morgan fingerprint density at radius 2 is 1.92 bits per heavy atom. The summed E-state index contributed by atoms with van der Waals surface area (Å²) in [6.07, 6.45) is 1.90. The Morgan fingerprint density at radius 3 is 2.58 bits per heavy atom. The number of aromatic nitrogens is 1. The topological polar surface area (TPSA) is 74.4 Å². The number of nitro groups is 1. The normalized spacial score (nSPS) is 10.7. The fourth-order valence-corrected chi connectivity index (χ4v) is 2.60. The molecule has 0 atom stereocenters. The highest BCUT2D eigenvalue weighted by Gasteiger charge is 2.10. The molecule has 0 N–H and O–H groups in total. The van der Waals surface area contributed by atoms with Crippen molar-refractivity contribution >= 4 is 22.6 Å². The van der Waals surface area contributed by atoms with Crippen LogP contribution in [0.25, 0.3) is 10.9 Å². The van der Waals surface area contributed by atoms with Crippen LogP contribution < -0.4 is 0 Å². The van der Waals surface area contributed by atoms with Gasteiger partial charge in [0.15, 0.2) is 0 Å². The summed E-state index contributed by atoms with van der Waals surface area (Å²) in [5.41, 5.74) is 2.56. The molecule has 0 amide bonds. The highest BCUT2D eigenvalue weighted by molar-refractivity contribution is 5.89. The van der Waals surface area contributed by atoms with Crippen molar-refractivity contribution in [3.63, 3.8) is 0 Å². The van der Waals surface area contributed by atoms with Gasteiger partial charge in [-0.1, -0.05) is 12.1 Å². The molecule has 3 rings (SSSR count). The molecule has 0 aliphatic heterocycles. The Bertz CT molecular complexity index is 897. The molecule has 1 heterocycles. The highest BCUT2D eigenvalue weighted by Crippen LogP contribution is 2.22. The molecule has 0 unspecified atom stereocenters. The van der Waals surface area contributed by atoms with E-state index in [1.165, 1.54) is 6.07 Å². The second kappa shape index (κ2) is 6.54. The van der Waals surface area contributed by atoms with Gasteiger partial charge in [0.2, 0.25) is 0 Å². The third-order valence-electron chi connectivity index (χ3n) is 3.78. The van der Waals surface area contributed by atoms with Crippen molar-refractivity contribution in [1.82, 2.24) is 4.57 Å². The van der Waals surface area contributed by atoms with Crippen molar-refractivity contribution in [3.8, 4) is 0 Å². The molecular formula is C18H16N2O4. The molecule has 0 saturated heterocycles.